The van der Waals surface area contributed by atoms with Crippen molar-refractivity contribution in [3.63, 3.8) is 0 Å². The van der Waals surface area contributed by atoms with E-state index in [-0.39, 0.29) is 11.3 Å². The Morgan fingerprint density at radius 2 is 2.00 bits per heavy atom. The second kappa shape index (κ2) is 5.05. The van der Waals surface area contributed by atoms with Gasteiger partial charge in [-0.25, -0.2) is 0 Å². The van der Waals surface area contributed by atoms with Gasteiger partial charge >= 0.3 is 0 Å². The molecule has 3 unspecified atom stereocenters. The standard InChI is InChI=1S/C11H13Cl2NOS/c12-10-4-3-9(6-11(10)13)16(15)8-2-1-7(14)5-8/h3-4,6-8H,1-2,5,14H2. The Morgan fingerprint density at radius 1 is 1.25 bits per heavy atom. The third-order valence-corrected chi connectivity index (χ3v) is 5.34. The maximum atomic E-state index is 12.2. The van der Waals surface area contributed by atoms with Gasteiger partial charge in [0.2, 0.25) is 0 Å². The molecule has 0 bridgehead atoms. The fourth-order valence-corrected chi connectivity index (χ4v) is 3.92. The van der Waals surface area contributed by atoms with Crippen molar-refractivity contribution >= 4 is 34.0 Å². The molecule has 2 N–H and O–H groups in total. The lowest BCUT2D eigenvalue weighted by Crippen LogP contribution is -2.18. The first kappa shape index (κ1) is 12.4. The zero-order valence-corrected chi connectivity index (χ0v) is 11.0. The van der Waals surface area contributed by atoms with Crippen LogP contribution in [0.4, 0.5) is 0 Å². The van der Waals surface area contributed by atoms with Gasteiger partial charge in [0.15, 0.2) is 0 Å². The molecule has 2 nitrogen and oxygen atoms in total. The molecule has 3 atom stereocenters. The molecule has 0 saturated heterocycles. The number of hydrogen-bond acceptors (Lipinski definition) is 2. The molecule has 1 aliphatic carbocycles. The molecule has 0 aliphatic heterocycles. The summed E-state index contributed by atoms with van der Waals surface area (Å²) in [6, 6.07) is 5.33. The van der Waals surface area contributed by atoms with Crippen LogP contribution in [-0.4, -0.2) is 15.5 Å². The zero-order chi connectivity index (χ0) is 11.7. The SMILES string of the molecule is NC1CCC(S(=O)c2ccc(Cl)c(Cl)c2)C1. The third-order valence-electron chi connectivity index (χ3n) is 2.85. The molecule has 5 heteroatoms. The molecule has 0 aromatic heterocycles. The molecular weight excluding hydrogens is 265 g/mol. The lowest BCUT2D eigenvalue weighted by atomic mass is 10.3. The highest BCUT2D eigenvalue weighted by Gasteiger charge is 2.27. The Labute approximate surface area is 108 Å². The van der Waals surface area contributed by atoms with Crippen molar-refractivity contribution in [3.8, 4) is 0 Å². The van der Waals surface area contributed by atoms with E-state index in [4.69, 9.17) is 28.9 Å². The lowest BCUT2D eigenvalue weighted by Gasteiger charge is -2.10. The molecule has 0 spiro atoms. The summed E-state index contributed by atoms with van der Waals surface area (Å²) in [5.74, 6) is 0. The number of hydrogen-bond donors (Lipinski definition) is 1. The van der Waals surface area contributed by atoms with Crippen molar-refractivity contribution < 1.29 is 4.21 Å². The number of benzene rings is 1. The Kier molecular flexibility index (Phi) is 3.90. The van der Waals surface area contributed by atoms with Crippen molar-refractivity contribution in [2.24, 2.45) is 5.73 Å². The van der Waals surface area contributed by atoms with Gasteiger partial charge in [-0.05, 0) is 37.5 Å². The van der Waals surface area contributed by atoms with E-state index in [1.54, 1.807) is 18.2 Å². The second-order valence-corrected chi connectivity index (χ2v) is 6.62. The molecule has 2 rings (SSSR count). The van der Waals surface area contributed by atoms with Crippen molar-refractivity contribution in [1.82, 2.24) is 0 Å². The molecule has 1 saturated carbocycles. The Bertz CT molecular complexity index is 424. The van der Waals surface area contributed by atoms with Crippen LogP contribution in [0, 0.1) is 0 Å². The van der Waals surface area contributed by atoms with Crippen molar-refractivity contribution in [1.29, 1.82) is 0 Å². The summed E-state index contributed by atoms with van der Waals surface area (Å²) in [6.07, 6.45) is 2.71. The van der Waals surface area contributed by atoms with E-state index in [2.05, 4.69) is 0 Å². The fraction of sp³-hybridized carbons (Fsp3) is 0.455. The highest BCUT2D eigenvalue weighted by Crippen LogP contribution is 2.29. The third kappa shape index (κ3) is 2.59. The van der Waals surface area contributed by atoms with E-state index in [9.17, 15) is 4.21 Å². The van der Waals surface area contributed by atoms with Gasteiger partial charge in [-0.1, -0.05) is 23.2 Å². The summed E-state index contributed by atoms with van der Waals surface area (Å²) < 4.78 is 12.2. The van der Waals surface area contributed by atoms with E-state index in [1.807, 2.05) is 0 Å². The summed E-state index contributed by atoms with van der Waals surface area (Å²) in [4.78, 5) is 0.744. The average molecular weight is 278 g/mol. The maximum Gasteiger partial charge on any atom is 0.0604 e. The van der Waals surface area contributed by atoms with Crippen LogP contribution in [0.1, 0.15) is 19.3 Å². The van der Waals surface area contributed by atoms with Crippen molar-refractivity contribution in [3.05, 3.63) is 28.2 Å². The van der Waals surface area contributed by atoms with Crippen LogP contribution in [0.5, 0.6) is 0 Å². The average Bonchev–Trinajstić information content (AvgIpc) is 2.68. The minimum Gasteiger partial charge on any atom is -0.328 e. The lowest BCUT2D eigenvalue weighted by molar-refractivity contribution is 0.664. The minimum atomic E-state index is -1.02. The van der Waals surface area contributed by atoms with Gasteiger partial charge in [0.05, 0.1) is 20.8 Å². The number of nitrogens with two attached hydrogens (primary N) is 1. The Morgan fingerprint density at radius 3 is 2.56 bits per heavy atom. The number of halogens is 2. The summed E-state index contributed by atoms with van der Waals surface area (Å²) in [7, 11) is -1.02. The highest BCUT2D eigenvalue weighted by atomic mass is 35.5. The molecule has 0 amide bonds. The van der Waals surface area contributed by atoms with Gasteiger partial charge in [-0.15, -0.1) is 0 Å². The largest absolute Gasteiger partial charge is 0.328 e. The molecule has 88 valence electrons. The first-order valence-electron chi connectivity index (χ1n) is 5.19. The van der Waals surface area contributed by atoms with E-state index < -0.39 is 10.8 Å². The van der Waals surface area contributed by atoms with Crippen LogP contribution in [0.3, 0.4) is 0 Å². The maximum absolute atomic E-state index is 12.2. The molecule has 1 aromatic rings. The second-order valence-electron chi connectivity index (χ2n) is 4.07. The predicted molar refractivity (Wildman–Crippen MR) is 68.5 cm³/mol. The monoisotopic (exact) mass is 277 g/mol. The van der Waals surface area contributed by atoms with E-state index in [1.165, 1.54) is 0 Å². The molecule has 0 radical (unpaired) electrons. The normalized spacial score (nSPS) is 26.9. The first-order valence-corrected chi connectivity index (χ1v) is 7.16. The van der Waals surface area contributed by atoms with Crippen LogP contribution in [0.15, 0.2) is 23.1 Å². The van der Waals surface area contributed by atoms with Gasteiger partial charge < -0.3 is 5.73 Å². The zero-order valence-electron chi connectivity index (χ0n) is 8.66. The van der Waals surface area contributed by atoms with Crippen LogP contribution in [-0.2, 0) is 10.8 Å². The predicted octanol–water partition coefficient (Wildman–Crippen LogP) is 2.98. The Hall–Kier alpha value is -0.0900. The fourth-order valence-electron chi connectivity index (χ4n) is 1.96. The van der Waals surface area contributed by atoms with Gasteiger partial charge in [0.25, 0.3) is 0 Å². The number of rotatable bonds is 2. The first-order chi connectivity index (χ1) is 7.58. The molecule has 0 heterocycles. The summed E-state index contributed by atoms with van der Waals surface area (Å²) in [5.41, 5.74) is 5.81. The molecule has 1 fully saturated rings. The van der Waals surface area contributed by atoms with Crippen molar-refractivity contribution in [2.75, 3.05) is 0 Å². The molecule has 1 aromatic carbocycles. The van der Waals surface area contributed by atoms with Gasteiger partial charge in [-0.2, -0.15) is 0 Å². The molecule has 1 aliphatic rings. The summed E-state index contributed by atoms with van der Waals surface area (Å²) >= 11 is 11.7. The smallest absolute Gasteiger partial charge is 0.0604 e. The summed E-state index contributed by atoms with van der Waals surface area (Å²) in [5, 5.41) is 1.10. The van der Waals surface area contributed by atoms with Crippen LogP contribution in [0.25, 0.3) is 0 Å². The Balaban J connectivity index is 2.18. The minimum absolute atomic E-state index is 0.159. The summed E-state index contributed by atoms with van der Waals surface area (Å²) in [6.45, 7) is 0. The van der Waals surface area contributed by atoms with Crippen LogP contribution >= 0.6 is 23.2 Å². The van der Waals surface area contributed by atoms with Crippen molar-refractivity contribution in [2.45, 2.75) is 35.4 Å². The van der Waals surface area contributed by atoms with Gasteiger partial charge in [0, 0.05) is 16.2 Å². The van der Waals surface area contributed by atoms with Crippen LogP contribution in [0.2, 0.25) is 10.0 Å². The highest BCUT2D eigenvalue weighted by molar-refractivity contribution is 7.85. The molecular formula is C11H13Cl2NOS. The van der Waals surface area contributed by atoms with E-state index in [0.29, 0.717) is 10.0 Å². The van der Waals surface area contributed by atoms with E-state index in [0.717, 1.165) is 24.2 Å². The van der Waals surface area contributed by atoms with Crippen LogP contribution < -0.4 is 5.73 Å². The molecule has 16 heavy (non-hydrogen) atoms. The van der Waals surface area contributed by atoms with Gasteiger partial charge in [-0.3, -0.25) is 4.21 Å². The van der Waals surface area contributed by atoms with E-state index >= 15 is 0 Å². The topological polar surface area (TPSA) is 43.1 Å². The quantitative estimate of drug-likeness (QED) is 0.903. The van der Waals surface area contributed by atoms with Gasteiger partial charge in [0.1, 0.15) is 0 Å².